The first-order valence-electron chi connectivity index (χ1n) is 24.5. The van der Waals surface area contributed by atoms with Crippen LogP contribution in [0.3, 0.4) is 0 Å². The maximum Gasteiger partial charge on any atom is 0.0621 e. The summed E-state index contributed by atoms with van der Waals surface area (Å²) in [5.74, 6) is 10.3. The summed E-state index contributed by atoms with van der Waals surface area (Å²) in [5, 5.41) is 3.95. The predicted octanol–water partition coefficient (Wildman–Crippen LogP) is 12.7. The molecule has 0 bridgehead atoms. The molecule has 14 unspecified atom stereocenters. The summed E-state index contributed by atoms with van der Waals surface area (Å²) in [4.78, 5) is 3.43. The molecule has 0 aromatic carbocycles. The Balaban J connectivity index is 0.809. The first kappa shape index (κ1) is 35.8. The third kappa shape index (κ3) is 6.49. The van der Waals surface area contributed by atoms with Gasteiger partial charge in [-0.3, -0.25) is 4.90 Å². The summed E-state index contributed by atoms with van der Waals surface area (Å²) >= 11 is 5.10. The molecule has 0 amide bonds. The highest BCUT2D eigenvalue weighted by atomic mass is 32.2. The van der Waals surface area contributed by atoms with Gasteiger partial charge in [-0.15, -0.1) is 0 Å². The lowest BCUT2D eigenvalue weighted by atomic mass is 9.64. The minimum Gasteiger partial charge on any atom is -0.374 e. The number of nitrogens with zero attached hydrogens (tertiary/aromatic N) is 1. The topological polar surface area (TPSA) is 12.5 Å². The molecule has 0 spiro atoms. The smallest absolute Gasteiger partial charge is 0.0621 e. The van der Waals surface area contributed by atoms with Crippen LogP contribution in [0.15, 0.2) is 0 Å². The van der Waals surface area contributed by atoms with Crippen molar-refractivity contribution < 1.29 is 4.74 Å². The van der Waals surface area contributed by atoms with Crippen LogP contribution in [0, 0.1) is 59.2 Å². The summed E-state index contributed by atoms with van der Waals surface area (Å²) in [7, 11) is 0. The summed E-state index contributed by atoms with van der Waals surface area (Å²) in [5.41, 5.74) is 0. The van der Waals surface area contributed by atoms with E-state index in [2.05, 4.69) is 28.4 Å². The average molecular weight is 748 g/mol. The van der Waals surface area contributed by atoms with E-state index in [4.69, 9.17) is 4.74 Å². The highest BCUT2D eigenvalue weighted by molar-refractivity contribution is 8.01. The van der Waals surface area contributed by atoms with Gasteiger partial charge in [-0.1, -0.05) is 64.2 Å². The number of ether oxygens (including phenoxy) is 1. The van der Waals surface area contributed by atoms with E-state index in [0.29, 0.717) is 12.2 Å². The molecule has 52 heavy (non-hydrogen) atoms. The first-order chi connectivity index (χ1) is 25.8. The third-order valence-corrected chi connectivity index (χ3v) is 23.4. The Morgan fingerprint density at radius 2 is 0.981 bits per heavy atom. The normalized spacial score (nSPS) is 53.7. The highest BCUT2D eigenvalue weighted by Gasteiger charge is 2.60. The van der Waals surface area contributed by atoms with E-state index in [1.807, 2.05) is 0 Å². The van der Waals surface area contributed by atoms with Crippen LogP contribution in [0.4, 0.5) is 0 Å². The van der Waals surface area contributed by atoms with E-state index in [0.717, 1.165) is 98.3 Å². The molecule has 11 fully saturated rings. The van der Waals surface area contributed by atoms with Gasteiger partial charge in [0.25, 0.3) is 0 Å². The van der Waals surface area contributed by atoms with Gasteiger partial charge in [0.2, 0.25) is 0 Å². The largest absolute Gasteiger partial charge is 0.374 e. The van der Waals surface area contributed by atoms with Crippen LogP contribution >= 0.6 is 23.5 Å². The molecule has 0 N–H and O–H groups in total. The van der Waals surface area contributed by atoms with Gasteiger partial charge < -0.3 is 4.74 Å². The van der Waals surface area contributed by atoms with Crippen LogP contribution in [0.25, 0.3) is 0 Å². The van der Waals surface area contributed by atoms with E-state index in [1.54, 1.807) is 103 Å². The lowest BCUT2D eigenvalue weighted by molar-refractivity contribution is -0.0174. The standard InChI is InChI=1S/C48H77NOS2/c1-2-9-30(10-3-1)31-17-22-34(23-18-31)49(35-24-19-32(20-25-35)33-21-28-45-40(29-33)36-11-5-7-16-44(36)51-45)41-14-8-13-37-38-26-27-43-46(48(38)52-47(37)41)39-12-4-6-15-42(39)50-43/h30-48H,1-29H2. The summed E-state index contributed by atoms with van der Waals surface area (Å²) in [6.45, 7) is 0. The Kier molecular flexibility index (Phi) is 10.6. The zero-order chi connectivity index (χ0) is 34.2. The van der Waals surface area contributed by atoms with Crippen LogP contribution in [-0.4, -0.2) is 56.2 Å². The molecule has 3 heterocycles. The Bertz CT molecular complexity index is 1200. The number of hydrogen-bond donors (Lipinski definition) is 0. The summed E-state index contributed by atoms with van der Waals surface area (Å²) in [6.07, 6.45) is 45.6. The lowest BCUT2D eigenvalue weighted by Gasteiger charge is -2.52. The maximum atomic E-state index is 6.94. The molecule has 8 saturated carbocycles. The van der Waals surface area contributed by atoms with Crippen molar-refractivity contribution in [2.24, 2.45) is 59.2 Å². The van der Waals surface area contributed by atoms with E-state index in [1.165, 1.54) is 83.5 Å². The van der Waals surface area contributed by atoms with E-state index in [-0.39, 0.29) is 0 Å². The summed E-state index contributed by atoms with van der Waals surface area (Å²) < 4.78 is 6.94. The fraction of sp³-hybridized carbons (Fsp3) is 1.00. The zero-order valence-corrected chi connectivity index (χ0v) is 34.8. The quantitative estimate of drug-likeness (QED) is 0.277. The molecule has 0 radical (unpaired) electrons. The molecule has 3 saturated heterocycles. The monoisotopic (exact) mass is 748 g/mol. The minimum absolute atomic E-state index is 0.615. The Hall–Kier alpha value is 0.620. The van der Waals surface area contributed by atoms with E-state index in [9.17, 15) is 0 Å². The number of thioether (sulfide) groups is 2. The minimum atomic E-state index is 0.615. The van der Waals surface area contributed by atoms with Gasteiger partial charge in [-0.2, -0.15) is 23.5 Å². The lowest BCUT2D eigenvalue weighted by Crippen LogP contribution is -2.57. The Morgan fingerprint density at radius 1 is 0.365 bits per heavy atom. The molecule has 11 rings (SSSR count). The molecule has 4 heteroatoms. The molecule has 8 aliphatic carbocycles. The van der Waals surface area contributed by atoms with Crippen molar-refractivity contribution in [3.05, 3.63) is 0 Å². The number of hydrogen-bond acceptors (Lipinski definition) is 4. The highest BCUT2D eigenvalue weighted by Crippen LogP contribution is 2.63. The van der Waals surface area contributed by atoms with Crippen molar-refractivity contribution in [2.45, 2.75) is 238 Å². The van der Waals surface area contributed by atoms with Gasteiger partial charge in [-0.25, -0.2) is 0 Å². The van der Waals surface area contributed by atoms with Gasteiger partial charge in [0.05, 0.1) is 12.2 Å². The van der Waals surface area contributed by atoms with E-state index < -0.39 is 0 Å². The van der Waals surface area contributed by atoms with Crippen LogP contribution < -0.4 is 0 Å². The molecular weight excluding hydrogens is 671 g/mol. The fourth-order valence-corrected chi connectivity index (χ4v) is 21.8. The van der Waals surface area contributed by atoms with Crippen molar-refractivity contribution in [1.82, 2.24) is 4.90 Å². The van der Waals surface area contributed by atoms with Crippen molar-refractivity contribution >= 4 is 23.5 Å². The van der Waals surface area contributed by atoms with Crippen molar-refractivity contribution in [3.63, 3.8) is 0 Å². The molecular formula is C48H77NOS2. The number of rotatable bonds is 5. The van der Waals surface area contributed by atoms with Crippen LogP contribution in [0.5, 0.6) is 0 Å². The first-order valence-corrected chi connectivity index (χ1v) is 26.4. The van der Waals surface area contributed by atoms with Gasteiger partial charge in [0.1, 0.15) is 0 Å². The SMILES string of the molecule is C1CCC(C2CCC(N(C3CCC(C4CCC5SC6CCCCC6C5C4)CC3)C3CCCC4C5CCC6OC7CCCCC7C6C5SC43)CC2)CC1. The molecule has 2 nitrogen and oxygen atoms in total. The summed E-state index contributed by atoms with van der Waals surface area (Å²) in [6, 6.07) is 2.67. The van der Waals surface area contributed by atoms with Crippen molar-refractivity contribution in [2.75, 3.05) is 0 Å². The molecule has 14 atom stereocenters. The molecule has 292 valence electrons. The van der Waals surface area contributed by atoms with Crippen LogP contribution in [0.2, 0.25) is 0 Å². The van der Waals surface area contributed by atoms with Gasteiger partial charge in [0.15, 0.2) is 0 Å². The number of fused-ring (bicyclic) bond motifs is 10. The second-order valence-corrected chi connectivity index (χ2v) is 24.4. The van der Waals surface area contributed by atoms with Crippen molar-refractivity contribution in [1.29, 1.82) is 0 Å². The van der Waals surface area contributed by atoms with Crippen LogP contribution in [0.1, 0.15) is 186 Å². The van der Waals surface area contributed by atoms with Gasteiger partial charge in [-0.05, 0) is 175 Å². The van der Waals surface area contributed by atoms with Crippen LogP contribution in [-0.2, 0) is 4.74 Å². The molecule has 0 aromatic rings. The van der Waals surface area contributed by atoms with Gasteiger partial charge in [0, 0.05) is 45.0 Å². The third-order valence-electron chi connectivity index (χ3n) is 19.5. The molecule has 11 aliphatic rings. The van der Waals surface area contributed by atoms with E-state index >= 15 is 0 Å². The molecule has 0 aromatic heterocycles. The average Bonchev–Trinajstić information content (AvgIpc) is 3.90. The Labute approximate surface area is 328 Å². The van der Waals surface area contributed by atoms with Gasteiger partial charge >= 0.3 is 0 Å². The second-order valence-electron chi connectivity index (χ2n) is 21.6. The molecule has 3 aliphatic heterocycles. The predicted molar refractivity (Wildman–Crippen MR) is 221 cm³/mol. The second kappa shape index (κ2) is 15.4. The zero-order valence-electron chi connectivity index (χ0n) is 33.1. The maximum absolute atomic E-state index is 6.94. The Morgan fingerprint density at radius 3 is 1.79 bits per heavy atom. The fourth-order valence-electron chi connectivity index (χ4n) is 17.3. The van der Waals surface area contributed by atoms with Crippen molar-refractivity contribution in [3.8, 4) is 0 Å².